The Kier molecular flexibility index (Phi) is 3.15. The fraction of sp³-hybridized carbons (Fsp3) is 0.190. The lowest BCUT2D eigenvalue weighted by molar-refractivity contribution is 0.864. The van der Waals surface area contributed by atoms with Crippen molar-refractivity contribution in [2.75, 3.05) is 0 Å². The minimum absolute atomic E-state index is 0.623. The summed E-state index contributed by atoms with van der Waals surface area (Å²) in [7, 11) is 0. The Morgan fingerprint density at radius 3 is 2.74 bits per heavy atom. The van der Waals surface area contributed by atoms with Crippen molar-refractivity contribution < 1.29 is 1.37 Å². The van der Waals surface area contributed by atoms with Crippen LogP contribution < -0.4 is 0 Å². The van der Waals surface area contributed by atoms with E-state index in [0.717, 1.165) is 16.8 Å². The van der Waals surface area contributed by atoms with E-state index in [1.54, 1.807) is 0 Å². The quantitative estimate of drug-likeness (QED) is 0.408. The van der Waals surface area contributed by atoms with Crippen LogP contribution in [0.25, 0.3) is 31.4 Å². The van der Waals surface area contributed by atoms with Crippen LogP contribution in [0, 0.1) is 6.92 Å². The number of pyridine rings is 1. The van der Waals surface area contributed by atoms with Gasteiger partial charge in [0, 0.05) is 33.3 Å². The highest BCUT2D eigenvalue weighted by atomic mass is 32.1. The van der Waals surface area contributed by atoms with E-state index in [-0.39, 0.29) is 0 Å². The zero-order chi connectivity index (χ0) is 16.9. The van der Waals surface area contributed by atoms with Crippen LogP contribution in [0.15, 0.2) is 54.7 Å². The summed E-state index contributed by atoms with van der Waals surface area (Å²) in [6, 6.07) is 16.9. The van der Waals surface area contributed by atoms with E-state index in [1.165, 1.54) is 25.7 Å². The molecule has 2 aromatic carbocycles. The van der Waals surface area contributed by atoms with Crippen LogP contribution in [-0.2, 0) is 0 Å². The SMILES string of the molecule is [2H]C(C)(C)c1ccnc(-c2cccc3c2sc2cccc(C)c23)c1. The van der Waals surface area contributed by atoms with E-state index in [9.17, 15) is 0 Å². The van der Waals surface area contributed by atoms with E-state index < -0.39 is 5.89 Å². The number of rotatable bonds is 2. The van der Waals surface area contributed by atoms with E-state index in [0.29, 0.717) is 0 Å². The predicted molar refractivity (Wildman–Crippen MR) is 101 cm³/mol. The number of hydrogen-bond acceptors (Lipinski definition) is 2. The van der Waals surface area contributed by atoms with Gasteiger partial charge in [-0.05, 0) is 42.1 Å². The zero-order valence-corrected chi connectivity index (χ0v) is 14.4. The smallest absolute Gasteiger partial charge is 0.0719 e. The molecule has 0 radical (unpaired) electrons. The molecule has 0 aliphatic rings. The lowest BCUT2D eigenvalue weighted by Gasteiger charge is -2.08. The molecule has 114 valence electrons. The molecule has 0 N–H and O–H groups in total. The van der Waals surface area contributed by atoms with Crippen molar-refractivity contribution in [3.8, 4) is 11.3 Å². The fourth-order valence-corrected chi connectivity index (χ4v) is 4.42. The molecular formula is C21H19NS. The van der Waals surface area contributed by atoms with Gasteiger partial charge in [0.05, 0.1) is 5.69 Å². The minimum Gasteiger partial charge on any atom is -0.256 e. The highest BCUT2D eigenvalue weighted by Crippen LogP contribution is 2.40. The Labute approximate surface area is 142 Å². The molecule has 4 aromatic rings. The summed E-state index contributed by atoms with van der Waals surface area (Å²) in [6.07, 6.45) is 1.82. The van der Waals surface area contributed by atoms with Crippen LogP contribution >= 0.6 is 11.3 Å². The van der Waals surface area contributed by atoms with Crippen LogP contribution in [0.4, 0.5) is 0 Å². The van der Waals surface area contributed by atoms with Crippen molar-refractivity contribution in [1.29, 1.82) is 0 Å². The predicted octanol–water partition coefficient (Wildman–Crippen LogP) is 6.55. The number of thiophene rings is 1. The molecule has 4 rings (SSSR count). The van der Waals surface area contributed by atoms with E-state index in [2.05, 4.69) is 54.4 Å². The summed E-state index contributed by atoms with van der Waals surface area (Å²) in [5.41, 5.74) is 4.40. The first-order valence-electron chi connectivity index (χ1n) is 8.33. The molecule has 0 aliphatic carbocycles. The minimum atomic E-state index is -0.623. The number of benzene rings is 2. The van der Waals surface area contributed by atoms with E-state index in [4.69, 9.17) is 1.37 Å². The Balaban J connectivity index is 2.02. The number of aryl methyl sites for hydroxylation is 1. The molecule has 0 bridgehead atoms. The monoisotopic (exact) mass is 318 g/mol. The average Bonchev–Trinajstić information content (AvgIpc) is 2.94. The zero-order valence-electron chi connectivity index (χ0n) is 14.6. The third-order valence-corrected chi connectivity index (χ3v) is 5.55. The van der Waals surface area contributed by atoms with Crippen LogP contribution in [0.2, 0.25) is 0 Å². The number of aromatic nitrogens is 1. The third-order valence-electron chi connectivity index (χ3n) is 4.34. The van der Waals surface area contributed by atoms with Crippen LogP contribution in [0.3, 0.4) is 0 Å². The summed E-state index contributed by atoms with van der Waals surface area (Å²) in [5, 5.41) is 2.64. The Morgan fingerprint density at radius 2 is 1.91 bits per heavy atom. The maximum Gasteiger partial charge on any atom is 0.0719 e. The van der Waals surface area contributed by atoms with Gasteiger partial charge in [-0.1, -0.05) is 44.2 Å². The van der Waals surface area contributed by atoms with E-state index in [1.807, 2.05) is 37.4 Å². The van der Waals surface area contributed by atoms with Gasteiger partial charge in [0.2, 0.25) is 0 Å². The van der Waals surface area contributed by atoms with Crippen molar-refractivity contribution in [3.05, 3.63) is 65.9 Å². The van der Waals surface area contributed by atoms with Gasteiger partial charge in [-0.15, -0.1) is 11.3 Å². The summed E-state index contributed by atoms with van der Waals surface area (Å²) in [4.78, 5) is 4.59. The molecule has 0 spiro atoms. The normalized spacial score (nSPS) is 12.7. The third kappa shape index (κ3) is 2.34. The molecule has 1 nitrogen and oxygen atoms in total. The first kappa shape index (κ1) is 13.3. The molecule has 0 atom stereocenters. The van der Waals surface area contributed by atoms with Gasteiger partial charge in [-0.25, -0.2) is 0 Å². The molecule has 0 amide bonds. The number of hydrogen-bond donors (Lipinski definition) is 0. The van der Waals surface area contributed by atoms with Gasteiger partial charge in [0.15, 0.2) is 0 Å². The lowest BCUT2D eigenvalue weighted by atomic mass is 10.00. The molecule has 0 saturated heterocycles. The Morgan fingerprint density at radius 1 is 1.09 bits per heavy atom. The van der Waals surface area contributed by atoms with Crippen LogP contribution in [0.5, 0.6) is 0 Å². The van der Waals surface area contributed by atoms with Crippen molar-refractivity contribution in [3.63, 3.8) is 0 Å². The second-order valence-corrected chi connectivity index (χ2v) is 7.21. The molecule has 2 aromatic heterocycles. The fourth-order valence-electron chi connectivity index (χ4n) is 3.12. The maximum absolute atomic E-state index is 8.29. The average molecular weight is 318 g/mol. The van der Waals surface area contributed by atoms with Crippen LogP contribution in [0.1, 0.15) is 32.2 Å². The molecule has 0 saturated carbocycles. The topological polar surface area (TPSA) is 12.9 Å². The van der Waals surface area contributed by atoms with Crippen molar-refractivity contribution in [1.82, 2.24) is 4.98 Å². The summed E-state index contributed by atoms with van der Waals surface area (Å²) < 4.78 is 10.9. The Bertz CT molecular complexity index is 1060. The second kappa shape index (κ2) is 5.47. The van der Waals surface area contributed by atoms with Gasteiger partial charge in [-0.2, -0.15) is 0 Å². The summed E-state index contributed by atoms with van der Waals surface area (Å²) >= 11 is 1.82. The maximum atomic E-state index is 8.29. The lowest BCUT2D eigenvalue weighted by Crippen LogP contribution is -1.90. The first-order valence-corrected chi connectivity index (χ1v) is 8.64. The Hall–Kier alpha value is -2.19. The number of fused-ring (bicyclic) bond motifs is 3. The summed E-state index contributed by atoms with van der Waals surface area (Å²) in [6.45, 7) is 5.99. The summed E-state index contributed by atoms with van der Waals surface area (Å²) in [5.74, 6) is -0.623. The highest BCUT2D eigenvalue weighted by Gasteiger charge is 2.13. The highest BCUT2D eigenvalue weighted by molar-refractivity contribution is 7.26. The first-order chi connectivity index (χ1) is 11.4. The number of nitrogens with zero attached hydrogens (tertiary/aromatic N) is 1. The van der Waals surface area contributed by atoms with Gasteiger partial charge in [0.25, 0.3) is 0 Å². The molecular weight excluding hydrogens is 298 g/mol. The largest absolute Gasteiger partial charge is 0.256 e. The van der Waals surface area contributed by atoms with Gasteiger partial charge < -0.3 is 0 Å². The molecule has 0 fully saturated rings. The molecule has 0 aliphatic heterocycles. The van der Waals surface area contributed by atoms with Crippen molar-refractivity contribution >= 4 is 31.5 Å². The molecule has 23 heavy (non-hydrogen) atoms. The van der Waals surface area contributed by atoms with Gasteiger partial charge in [0.1, 0.15) is 0 Å². The van der Waals surface area contributed by atoms with Gasteiger partial charge in [-0.3, -0.25) is 4.98 Å². The van der Waals surface area contributed by atoms with E-state index >= 15 is 0 Å². The van der Waals surface area contributed by atoms with Crippen molar-refractivity contribution in [2.45, 2.75) is 26.7 Å². The van der Waals surface area contributed by atoms with Gasteiger partial charge >= 0.3 is 0 Å². The van der Waals surface area contributed by atoms with Crippen LogP contribution in [-0.4, -0.2) is 4.98 Å². The van der Waals surface area contributed by atoms with Crippen molar-refractivity contribution in [2.24, 2.45) is 0 Å². The molecule has 0 unspecified atom stereocenters. The standard InChI is InChI=1S/C21H19NS/c1-13(2)15-10-11-22-18(12-15)16-7-5-8-17-20-14(3)6-4-9-19(20)23-21(16)17/h4-13H,1-3H3/i13D. The molecule has 2 heterocycles. The second-order valence-electron chi connectivity index (χ2n) is 6.16. The molecule has 2 heteroatoms.